The summed E-state index contributed by atoms with van der Waals surface area (Å²) in [5.74, 6) is 0.379. The molecular formula is C21H14Cl3F3N4O. The Bertz CT molecular complexity index is 1190. The zero-order valence-electron chi connectivity index (χ0n) is 16.1. The van der Waals surface area contributed by atoms with Gasteiger partial charge in [0.15, 0.2) is 5.15 Å². The number of ether oxygens (including phenoxy) is 1. The van der Waals surface area contributed by atoms with Gasteiger partial charge in [0.2, 0.25) is 5.88 Å². The second kappa shape index (κ2) is 9.13. The lowest BCUT2D eigenvalue weighted by molar-refractivity contribution is -0.137. The van der Waals surface area contributed by atoms with Gasteiger partial charge in [-0.1, -0.05) is 46.9 Å². The predicted octanol–water partition coefficient (Wildman–Crippen LogP) is 6.21. The van der Waals surface area contributed by atoms with Crippen molar-refractivity contribution in [3.63, 3.8) is 0 Å². The molecule has 3 aromatic rings. The monoisotopic (exact) mass is 500 g/mol. The van der Waals surface area contributed by atoms with Gasteiger partial charge in [0, 0.05) is 10.0 Å². The number of halogens is 6. The number of nitrogens with one attached hydrogen (secondary N) is 1. The second-order valence-electron chi connectivity index (χ2n) is 6.98. The van der Waals surface area contributed by atoms with Crippen LogP contribution < -0.4 is 10.1 Å². The van der Waals surface area contributed by atoms with E-state index in [1.54, 1.807) is 12.1 Å². The van der Waals surface area contributed by atoms with Crippen LogP contribution >= 0.6 is 34.8 Å². The van der Waals surface area contributed by atoms with Crippen LogP contribution in [0, 0.1) is 0 Å². The van der Waals surface area contributed by atoms with Crippen LogP contribution in [0.1, 0.15) is 16.7 Å². The Morgan fingerprint density at radius 3 is 2.59 bits per heavy atom. The fraction of sp³-hybridized carbons (Fsp3) is 0.190. The van der Waals surface area contributed by atoms with Gasteiger partial charge in [-0.25, -0.2) is 0 Å². The van der Waals surface area contributed by atoms with E-state index in [0.29, 0.717) is 34.4 Å². The van der Waals surface area contributed by atoms with Crippen molar-refractivity contribution in [2.75, 3.05) is 6.54 Å². The van der Waals surface area contributed by atoms with Crippen LogP contribution in [0.25, 0.3) is 0 Å². The van der Waals surface area contributed by atoms with Crippen molar-refractivity contribution in [3.05, 3.63) is 80.4 Å². The Labute approximate surface area is 196 Å². The maximum Gasteiger partial charge on any atom is 0.416 e. The normalized spacial score (nSPS) is 15.9. The number of amidine groups is 1. The molecule has 1 atom stereocenters. The lowest BCUT2D eigenvalue weighted by atomic mass is 10.1. The molecule has 0 radical (unpaired) electrons. The minimum atomic E-state index is -4.50. The van der Waals surface area contributed by atoms with E-state index < -0.39 is 11.7 Å². The number of alkyl halides is 3. The van der Waals surface area contributed by atoms with Crippen molar-refractivity contribution in [1.29, 1.82) is 0 Å². The molecule has 0 saturated carbocycles. The van der Waals surface area contributed by atoms with Crippen molar-refractivity contribution in [1.82, 2.24) is 15.5 Å². The quantitative estimate of drug-likeness (QED) is 0.452. The van der Waals surface area contributed by atoms with Crippen molar-refractivity contribution in [3.8, 4) is 11.6 Å². The van der Waals surface area contributed by atoms with Gasteiger partial charge in [-0.2, -0.15) is 13.2 Å². The topological polar surface area (TPSA) is 59.4 Å². The van der Waals surface area contributed by atoms with Gasteiger partial charge < -0.3 is 10.1 Å². The Morgan fingerprint density at radius 2 is 1.84 bits per heavy atom. The summed E-state index contributed by atoms with van der Waals surface area (Å²) in [6, 6.07) is 11.2. The second-order valence-corrected chi connectivity index (χ2v) is 8.21. The molecule has 1 aliphatic rings. The molecule has 4 rings (SSSR count). The van der Waals surface area contributed by atoms with E-state index in [4.69, 9.17) is 39.5 Å². The third-order valence-electron chi connectivity index (χ3n) is 4.65. The van der Waals surface area contributed by atoms with Gasteiger partial charge in [0.05, 0.1) is 23.7 Å². The fourth-order valence-electron chi connectivity index (χ4n) is 3.17. The SMILES string of the molecule is FC(F)(F)c1cccc(Oc2nnc(Cl)cc2C2=NCC(Cc3ccc(Cl)cc3Cl)N2)c1. The number of benzene rings is 2. The van der Waals surface area contributed by atoms with E-state index in [-0.39, 0.29) is 22.8 Å². The first-order valence-corrected chi connectivity index (χ1v) is 10.5. The molecule has 166 valence electrons. The highest BCUT2D eigenvalue weighted by Crippen LogP contribution is 2.33. The summed E-state index contributed by atoms with van der Waals surface area (Å²) in [5, 5.41) is 12.1. The fourth-order valence-corrected chi connectivity index (χ4v) is 3.80. The molecule has 11 heteroatoms. The van der Waals surface area contributed by atoms with Crippen LogP contribution in [0.5, 0.6) is 11.6 Å². The molecule has 1 N–H and O–H groups in total. The average Bonchev–Trinajstić information content (AvgIpc) is 3.19. The third-order valence-corrected chi connectivity index (χ3v) is 5.42. The maximum absolute atomic E-state index is 13.0. The molecule has 32 heavy (non-hydrogen) atoms. The molecule has 2 aromatic carbocycles. The highest BCUT2D eigenvalue weighted by atomic mass is 35.5. The van der Waals surface area contributed by atoms with Gasteiger partial charge in [-0.05, 0) is 48.4 Å². The smallest absolute Gasteiger partial charge is 0.416 e. The number of hydrogen-bond donors (Lipinski definition) is 1. The summed E-state index contributed by atoms with van der Waals surface area (Å²) in [5.41, 5.74) is 0.443. The van der Waals surface area contributed by atoms with Crippen LogP contribution in [-0.4, -0.2) is 28.6 Å². The molecule has 0 bridgehead atoms. The lowest BCUT2D eigenvalue weighted by Gasteiger charge is -2.15. The molecule has 0 aliphatic carbocycles. The summed E-state index contributed by atoms with van der Waals surface area (Å²) < 4.78 is 44.6. The molecule has 0 amide bonds. The highest BCUT2D eigenvalue weighted by molar-refractivity contribution is 6.35. The predicted molar refractivity (Wildman–Crippen MR) is 117 cm³/mol. The summed E-state index contributed by atoms with van der Waals surface area (Å²) >= 11 is 18.2. The largest absolute Gasteiger partial charge is 0.437 e. The van der Waals surface area contributed by atoms with E-state index in [9.17, 15) is 13.2 Å². The molecule has 5 nitrogen and oxygen atoms in total. The van der Waals surface area contributed by atoms with Gasteiger partial charge >= 0.3 is 6.18 Å². The first-order chi connectivity index (χ1) is 15.2. The van der Waals surface area contributed by atoms with Crippen molar-refractivity contribution in [2.45, 2.75) is 18.6 Å². The van der Waals surface area contributed by atoms with Gasteiger partial charge in [0.1, 0.15) is 11.6 Å². The molecule has 1 aliphatic heterocycles. The molecule has 1 unspecified atom stereocenters. The molecule has 0 fully saturated rings. The average molecular weight is 502 g/mol. The standard InChI is InChI=1S/C21H14Cl3F3N4O/c22-13-5-4-11(17(23)8-13)6-14-10-28-19(29-14)16-9-18(24)30-31-20(16)32-15-3-1-2-12(7-15)21(25,26)27/h1-5,7-9,14H,6,10H2,(H,28,29). The van der Waals surface area contributed by atoms with Crippen LogP contribution in [0.4, 0.5) is 13.2 Å². The zero-order chi connectivity index (χ0) is 22.9. The zero-order valence-corrected chi connectivity index (χ0v) is 18.4. The van der Waals surface area contributed by atoms with E-state index in [1.165, 1.54) is 18.2 Å². The molecular weight excluding hydrogens is 488 g/mol. The Balaban J connectivity index is 1.54. The number of aliphatic imine (C=N–C) groups is 1. The molecule has 0 saturated heterocycles. The first kappa shape index (κ1) is 22.6. The van der Waals surface area contributed by atoms with E-state index in [0.717, 1.165) is 17.7 Å². The summed E-state index contributed by atoms with van der Waals surface area (Å²) in [4.78, 5) is 4.48. The Morgan fingerprint density at radius 1 is 1.03 bits per heavy atom. The lowest BCUT2D eigenvalue weighted by Crippen LogP contribution is -2.32. The summed E-state index contributed by atoms with van der Waals surface area (Å²) in [7, 11) is 0. The van der Waals surface area contributed by atoms with Gasteiger partial charge in [0.25, 0.3) is 0 Å². The van der Waals surface area contributed by atoms with E-state index >= 15 is 0 Å². The van der Waals surface area contributed by atoms with E-state index in [1.807, 2.05) is 6.07 Å². The first-order valence-electron chi connectivity index (χ1n) is 9.32. The van der Waals surface area contributed by atoms with Gasteiger partial charge in [-0.3, -0.25) is 4.99 Å². The van der Waals surface area contributed by atoms with Crippen molar-refractivity contribution < 1.29 is 17.9 Å². The Hall–Kier alpha value is -2.55. The number of nitrogens with zero attached hydrogens (tertiary/aromatic N) is 3. The number of aromatic nitrogens is 2. The summed E-state index contributed by atoms with van der Waals surface area (Å²) in [6.07, 6.45) is -3.92. The van der Waals surface area contributed by atoms with Crippen LogP contribution in [-0.2, 0) is 12.6 Å². The van der Waals surface area contributed by atoms with Crippen LogP contribution in [0.3, 0.4) is 0 Å². The van der Waals surface area contributed by atoms with Crippen LogP contribution in [0.2, 0.25) is 15.2 Å². The van der Waals surface area contributed by atoms with Crippen molar-refractivity contribution >= 4 is 40.6 Å². The number of rotatable bonds is 5. The number of hydrogen-bond acceptors (Lipinski definition) is 5. The highest BCUT2D eigenvalue weighted by Gasteiger charge is 2.31. The maximum atomic E-state index is 13.0. The minimum absolute atomic E-state index is 0.0230. The molecule has 2 heterocycles. The molecule has 0 spiro atoms. The third kappa shape index (κ3) is 5.26. The Kier molecular flexibility index (Phi) is 6.46. The van der Waals surface area contributed by atoms with Crippen LogP contribution in [0.15, 0.2) is 53.5 Å². The van der Waals surface area contributed by atoms with Crippen molar-refractivity contribution in [2.24, 2.45) is 4.99 Å². The van der Waals surface area contributed by atoms with E-state index in [2.05, 4.69) is 20.5 Å². The minimum Gasteiger partial charge on any atom is -0.437 e. The van der Waals surface area contributed by atoms with Gasteiger partial charge in [-0.15, -0.1) is 10.2 Å². The summed E-state index contributed by atoms with van der Waals surface area (Å²) in [6.45, 7) is 0.442. The molecule has 1 aromatic heterocycles.